The Balaban J connectivity index is 4.29. The van der Waals surface area contributed by atoms with Crippen molar-refractivity contribution in [2.45, 2.75) is 103 Å². The molecule has 17 N–H and O–H groups in total. The molecule has 0 fully saturated rings. The highest BCUT2D eigenvalue weighted by molar-refractivity contribution is 5.90. The van der Waals surface area contributed by atoms with Crippen LogP contribution in [0, 0.1) is 11.8 Å². The van der Waals surface area contributed by atoms with Gasteiger partial charge >= 0.3 is 0 Å². The molecule has 0 bridgehead atoms. The molecule has 0 radical (unpaired) electrons. The lowest BCUT2D eigenvalue weighted by atomic mass is 9.93. The zero-order chi connectivity index (χ0) is 45.7. The molecule has 0 saturated carbocycles. The second-order valence-electron chi connectivity index (χ2n) is 14.7. The molecule has 23 heteroatoms. The van der Waals surface area contributed by atoms with E-state index >= 15 is 0 Å². The number of rotatable bonds is 38. The minimum absolute atomic E-state index is 0.0211. The van der Waals surface area contributed by atoms with Crippen molar-refractivity contribution in [3.05, 3.63) is 0 Å². The molecule has 0 spiro atoms. The van der Waals surface area contributed by atoms with Crippen molar-refractivity contribution in [1.82, 2.24) is 32.1 Å². The van der Waals surface area contributed by atoms with E-state index in [9.17, 15) is 28.8 Å². The van der Waals surface area contributed by atoms with Gasteiger partial charge in [0.1, 0.15) is 6.04 Å². The number of hydrogen-bond acceptors (Lipinski definition) is 13. The van der Waals surface area contributed by atoms with Gasteiger partial charge in [0.15, 0.2) is 11.9 Å². The van der Waals surface area contributed by atoms with Gasteiger partial charge in [0.25, 0.3) is 0 Å². The number of unbranched alkanes of at least 4 members (excludes halogenated alkanes) is 2. The quantitative estimate of drug-likeness (QED) is 0.00989. The largest absolute Gasteiger partial charge is 0.379 e. The summed E-state index contributed by atoms with van der Waals surface area (Å²) in [6.07, 6.45) is 5.37. The SMILES string of the molecule is CC(C)CC(CC(=O)NO)C(=O)NCC(=O)NCCCOCCOCCOCCCNC(=O)C(CCCCNC(=O)CCCCN=C(N)N)NC(=O)C(N)CCCN=C(N)N. The van der Waals surface area contributed by atoms with Crippen molar-refractivity contribution in [2.75, 3.05) is 78.9 Å². The van der Waals surface area contributed by atoms with Crippen molar-refractivity contribution in [3.8, 4) is 0 Å². The Morgan fingerprint density at radius 1 is 0.590 bits per heavy atom. The molecule has 61 heavy (non-hydrogen) atoms. The highest BCUT2D eigenvalue weighted by Crippen LogP contribution is 2.15. The summed E-state index contributed by atoms with van der Waals surface area (Å²) < 4.78 is 16.6. The van der Waals surface area contributed by atoms with Crippen molar-refractivity contribution in [1.29, 1.82) is 0 Å². The summed E-state index contributed by atoms with van der Waals surface area (Å²) in [6, 6.07) is -1.67. The van der Waals surface area contributed by atoms with Crippen LogP contribution in [0.3, 0.4) is 0 Å². The Kier molecular flexibility index (Phi) is 34.0. The summed E-state index contributed by atoms with van der Waals surface area (Å²) in [5.41, 5.74) is 28.9. The van der Waals surface area contributed by atoms with E-state index in [1.165, 1.54) is 5.48 Å². The van der Waals surface area contributed by atoms with Gasteiger partial charge in [-0.25, -0.2) is 5.48 Å². The lowest BCUT2D eigenvalue weighted by molar-refractivity contribution is -0.135. The van der Waals surface area contributed by atoms with Crippen molar-refractivity contribution in [3.63, 3.8) is 0 Å². The third kappa shape index (κ3) is 34.6. The third-order valence-electron chi connectivity index (χ3n) is 8.69. The summed E-state index contributed by atoms with van der Waals surface area (Å²) in [5, 5.41) is 22.4. The molecule has 0 aromatic carbocycles. The number of ether oxygens (including phenoxy) is 3. The number of guanidine groups is 2. The van der Waals surface area contributed by atoms with Crippen molar-refractivity contribution in [2.24, 2.45) is 50.5 Å². The van der Waals surface area contributed by atoms with E-state index in [2.05, 4.69) is 36.6 Å². The van der Waals surface area contributed by atoms with Crippen LogP contribution in [0.5, 0.6) is 0 Å². The molecule has 0 aromatic heterocycles. The molecule has 0 saturated heterocycles. The normalized spacial score (nSPS) is 12.3. The molecule has 23 nitrogen and oxygen atoms in total. The first kappa shape index (κ1) is 56.2. The summed E-state index contributed by atoms with van der Waals surface area (Å²) >= 11 is 0. The van der Waals surface area contributed by atoms with Gasteiger partial charge < -0.3 is 69.5 Å². The molecule has 3 atom stereocenters. The molecule has 0 aromatic rings. The van der Waals surface area contributed by atoms with Crippen LogP contribution in [0.1, 0.15) is 90.9 Å². The van der Waals surface area contributed by atoms with Gasteiger partial charge in [0.05, 0.1) is 39.0 Å². The van der Waals surface area contributed by atoms with E-state index in [4.69, 9.17) is 48.1 Å². The van der Waals surface area contributed by atoms with Gasteiger partial charge in [-0.05, 0) is 70.1 Å². The van der Waals surface area contributed by atoms with E-state index in [1.54, 1.807) is 0 Å². The van der Waals surface area contributed by atoms with Gasteiger partial charge in [0.2, 0.25) is 35.4 Å². The number of nitrogens with zero attached hydrogens (tertiary/aromatic N) is 2. The predicted octanol–water partition coefficient (Wildman–Crippen LogP) is -2.68. The van der Waals surface area contributed by atoms with Gasteiger partial charge in [0, 0.05) is 64.7 Å². The van der Waals surface area contributed by atoms with Gasteiger partial charge in [-0.1, -0.05) is 13.8 Å². The Morgan fingerprint density at radius 3 is 1.74 bits per heavy atom. The van der Waals surface area contributed by atoms with Crippen LogP contribution in [-0.4, -0.2) is 144 Å². The van der Waals surface area contributed by atoms with Gasteiger partial charge in [-0.2, -0.15) is 0 Å². The average molecular weight is 874 g/mol. The molecule has 0 heterocycles. The number of aliphatic imine (C=N–C) groups is 2. The number of nitrogens with two attached hydrogens (primary N) is 5. The van der Waals surface area contributed by atoms with Crippen LogP contribution in [0.2, 0.25) is 0 Å². The van der Waals surface area contributed by atoms with Crippen molar-refractivity contribution >= 4 is 47.4 Å². The molecule has 6 amide bonds. The first-order valence-electron chi connectivity index (χ1n) is 21.1. The standard InChI is InChI=1S/C38H75N13O10/c1-27(2)24-28(25-32(53)51-58)34(55)49-26-33(54)45-16-8-18-59-20-22-61-23-21-60-19-9-17-46-36(57)30(50-35(56)29(39)10-7-15-48-38(42)43)11-3-5-13-44-31(52)12-4-6-14-47-37(40)41/h27-30,58H,3-26,39H2,1-2H3,(H,44,52)(H,45,54)(H,46,57)(H,49,55)(H,50,56)(H,51,53)(H4,40,41,47)(H4,42,43,48). The zero-order valence-corrected chi connectivity index (χ0v) is 36.2. The Bertz CT molecular complexity index is 1320. The fourth-order valence-electron chi connectivity index (χ4n) is 5.54. The van der Waals surface area contributed by atoms with E-state index in [1.807, 2.05) is 13.8 Å². The lowest BCUT2D eigenvalue weighted by Gasteiger charge is -2.21. The number of amides is 6. The number of carbonyl (C=O) groups excluding carboxylic acids is 6. The fourth-order valence-corrected chi connectivity index (χ4v) is 5.54. The maximum Gasteiger partial charge on any atom is 0.244 e. The molecule has 3 unspecified atom stereocenters. The summed E-state index contributed by atoms with van der Waals surface area (Å²) in [6.45, 7) is 7.66. The van der Waals surface area contributed by atoms with Crippen LogP contribution in [-0.2, 0) is 43.0 Å². The van der Waals surface area contributed by atoms with E-state index in [0.717, 1.165) is 0 Å². The third-order valence-corrected chi connectivity index (χ3v) is 8.69. The Labute approximate surface area is 359 Å². The monoisotopic (exact) mass is 874 g/mol. The maximum absolute atomic E-state index is 13.1. The van der Waals surface area contributed by atoms with Gasteiger partial charge in [-0.15, -0.1) is 0 Å². The van der Waals surface area contributed by atoms with Crippen LogP contribution in [0.15, 0.2) is 9.98 Å². The lowest BCUT2D eigenvalue weighted by Crippen LogP contribution is -2.51. The number of carbonyl (C=O) groups is 6. The zero-order valence-electron chi connectivity index (χ0n) is 36.2. The van der Waals surface area contributed by atoms with Crippen LogP contribution < -0.4 is 60.7 Å². The molecule has 0 aliphatic carbocycles. The number of hydroxylamine groups is 1. The van der Waals surface area contributed by atoms with Crippen LogP contribution in [0.4, 0.5) is 0 Å². The van der Waals surface area contributed by atoms with E-state index in [-0.39, 0.29) is 48.5 Å². The molecule has 0 aliphatic rings. The molecular formula is C38H75N13O10. The highest BCUT2D eigenvalue weighted by Gasteiger charge is 2.24. The van der Waals surface area contributed by atoms with E-state index in [0.29, 0.717) is 143 Å². The van der Waals surface area contributed by atoms with Crippen LogP contribution in [0.25, 0.3) is 0 Å². The van der Waals surface area contributed by atoms with Gasteiger partial charge in [-0.3, -0.25) is 44.0 Å². The van der Waals surface area contributed by atoms with E-state index < -0.39 is 35.7 Å². The maximum atomic E-state index is 13.1. The van der Waals surface area contributed by atoms with Crippen LogP contribution >= 0.6 is 0 Å². The first-order valence-corrected chi connectivity index (χ1v) is 21.1. The molecule has 0 aliphatic heterocycles. The minimum atomic E-state index is -0.849. The average Bonchev–Trinajstić information content (AvgIpc) is 3.21. The predicted molar refractivity (Wildman–Crippen MR) is 229 cm³/mol. The second-order valence-corrected chi connectivity index (χ2v) is 14.7. The summed E-state index contributed by atoms with van der Waals surface area (Å²) in [5.74, 6) is -2.88. The Hall–Kier alpha value is -4.84. The molecule has 352 valence electrons. The highest BCUT2D eigenvalue weighted by atomic mass is 16.5. The smallest absolute Gasteiger partial charge is 0.244 e. The first-order chi connectivity index (χ1) is 29.2. The van der Waals surface area contributed by atoms with Crippen molar-refractivity contribution < 1.29 is 48.2 Å². The second kappa shape index (κ2) is 37.0. The molecule has 0 rings (SSSR count). The summed E-state index contributed by atoms with van der Waals surface area (Å²) in [7, 11) is 0. The fraction of sp³-hybridized carbons (Fsp3) is 0.789. The summed E-state index contributed by atoms with van der Waals surface area (Å²) in [4.78, 5) is 81.8. The molecular weight excluding hydrogens is 798 g/mol. The Morgan fingerprint density at radius 2 is 1.15 bits per heavy atom. The topological polar surface area (TPSA) is 377 Å². The number of hydrogen-bond donors (Lipinski definition) is 12. The number of nitrogens with one attached hydrogen (secondary N) is 6. The minimum Gasteiger partial charge on any atom is -0.379 e.